The van der Waals surface area contributed by atoms with Crippen LogP contribution < -0.4 is 11.2 Å². The molecule has 5 heteroatoms. The van der Waals surface area contributed by atoms with Gasteiger partial charge in [-0.2, -0.15) is 5.10 Å². The number of nitrogens with one attached hydrogen (secondary N) is 1. The lowest BCUT2D eigenvalue weighted by Gasteiger charge is -2.09. The van der Waals surface area contributed by atoms with Crippen molar-refractivity contribution in [3.05, 3.63) is 23.9 Å². The Balaban J connectivity index is 0.000000796. The number of anilines is 1. The maximum atomic E-state index is 10.8. The molecule has 0 aliphatic heterocycles. The van der Waals surface area contributed by atoms with E-state index in [0.29, 0.717) is 11.4 Å². The molecule has 0 radical (unpaired) electrons. The van der Waals surface area contributed by atoms with Gasteiger partial charge in [0.05, 0.1) is 5.56 Å². The number of nitrogens with two attached hydrogens (primary N) is 1. The van der Waals surface area contributed by atoms with Crippen LogP contribution in [0.1, 0.15) is 51.9 Å². The molecule has 5 nitrogen and oxygen atoms in total. The van der Waals surface area contributed by atoms with Gasteiger partial charge >= 0.3 is 0 Å². The predicted octanol–water partition coefficient (Wildman–Crippen LogP) is 3.29. The second-order valence-corrected chi connectivity index (χ2v) is 6.26. The highest BCUT2D eigenvalue weighted by atomic mass is 16.1. The lowest BCUT2D eigenvalue weighted by Crippen LogP contribution is -2.11. The first kappa shape index (κ1) is 18.1. The van der Waals surface area contributed by atoms with E-state index in [2.05, 4.69) is 36.3 Å². The lowest BCUT2D eigenvalue weighted by atomic mass is 9.99. The fourth-order valence-electron chi connectivity index (χ4n) is 0.898. The van der Waals surface area contributed by atoms with Gasteiger partial charge in [0.2, 0.25) is 5.91 Å². The largest absolute Gasteiger partial charge is 0.366 e. The molecule has 3 N–H and O–H groups in total. The zero-order chi connectivity index (χ0) is 15.8. The smallest absolute Gasteiger partial charge is 0.250 e. The highest BCUT2D eigenvalue weighted by Crippen LogP contribution is 2.09. The van der Waals surface area contributed by atoms with Crippen molar-refractivity contribution < 1.29 is 4.79 Å². The molecule has 0 saturated carbocycles. The van der Waals surface area contributed by atoms with Gasteiger partial charge in [-0.15, -0.1) is 0 Å². The number of carbonyl (C=O) groups is 1. The SMILES string of the molecule is CC(C)(C)/C=N/Nc1ccc(C(N)=O)cn1.CC(C)C. The van der Waals surface area contributed by atoms with Gasteiger partial charge in [0.25, 0.3) is 0 Å². The average molecular weight is 278 g/mol. The van der Waals surface area contributed by atoms with Crippen molar-refractivity contribution in [2.75, 3.05) is 5.43 Å². The summed E-state index contributed by atoms with van der Waals surface area (Å²) in [6, 6.07) is 3.25. The van der Waals surface area contributed by atoms with Gasteiger partial charge in [-0.25, -0.2) is 4.98 Å². The summed E-state index contributed by atoms with van der Waals surface area (Å²) in [6.07, 6.45) is 3.20. The van der Waals surface area contributed by atoms with Crippen molar-refractivity contribution in [3.63, 3.8) is 0 Å². The Morgan fingerprint density at radius 2 is 1.90 bits per heavy atom. The first-order valence-corrected chi connectivity index (χ1v) is 6.68. The predicted molar refractivity (Wildman–Crippen MR) is 84.8 cm³/mol. The molecule has 0 fully saturated rings. The second-order valence-electron chi connectivity index (χ2n) is 6.26. The summed E-state index contributed by atoms with van der Waals surface area (Å²) in [6.45, 7) is 12.6. The second kappa shape index (κ2) is 8.30. The van der Waals surface area contributed by atoms with E-state index in [4.69, 9.17) is 5.73 Å². The number of primary amides is 1. The van der Waals surface area contributed by atoms with Crippen molar-refractivity contribution in [3.8, 4) is 0 Å². The summed E-state index contributed by atoms with van der Waals surface area (Å²) in [4.78, 5) is 14.8. The van der Waals surface area contributed by atoms with E-state index >= 15 is 0 Å². The molecule has 0 aliphatic carbocycles. The van der Waals surface area contributed by atoms with Crippen LogP contribution >= 0.6 is 0 Å². The molecule has 20 heavy (non-hydrogen) atoms. The Labute approximate surface area is 121 Å². The fraction of sp³-hybridized carbons (Fsp3) is 0.533. The topological polar surface area (TPSA) is 80.4 Å². The minimum absolute atomic E-state index is 0.0141. The van der Waals surface area contributed by atoms with Gasteiger partial charge in [0.1, 0.15) is 5.82 Å². The van der Waals surface area contributed by atoms with E-state index in [9.17, 15) is 4.79 Å². The molecule has 0 unspecified atom stereocenters. The third kappa shape index (κ3) is 10.1. The molecule has 0 aromatic carbocycles. The van der Waals surface area contributed by atoms with Crippen LogP contribution in [0.15, 0.2) is 23.4 Å². The molecule has 0 saturated heterocycles. The number of rotatable bonds is 3. The van der Waals surface area contributed by atoms with Crippen LogP contribution in [0.25, 0.3) is 0 Å². The van der Waals surface area contributed by atoms with Crippen LogP contribution in [0.2, 0.25) is 0 Å². The molecule has 1 rings (SSSR count). The third-order valence-corrected chi connectivity index (χ3v) is 1.68. The van der Waals surface area contributed by atoms with E-state index in [1.807, 2.05) is 20.8 Å². The van der Waals surface area contributed by atoms with Gasteiger partial charge in [0, 0.05) is 12.4 Å². The Hall–Kier alpha value is -1.91. The quantitative estimate of drug-likeness (QED) is 0.657. The number of amides is 1. The number of nitrogens with zero attached hydrogens (tertiary/aromatic N) is 2. The molecule has 0 aliphatic rings. The molecule has 1 aromatic heterocycles. The molecule has 1 aromatic rings. The van der Waals surface area contributed by atoms with Crippen LogP contribution in [0.5, 0.6) is 0 Å². The Kier molecular flexibility index (Phi) is 7.51. The van der Waals surface area contributed by atoms with Crippen molar-refractivity contribution >= 4 is 17.9 Å². The summed E-state index contributed by atoms with van der Waals surface area (Å²) in [5, 5.41) is 4.03. The molecular formula is C15H26N4O. The highest BCUT2D eigenvalue weighted by Gasteiger charge is 2.05. The van der Waals surface area contributed by atoms with E-state index < -0.39 is 5.91 Å². The van der Waals surface area contributed by atoms with Gasteiger partial charge in [-0.3, -0.25) is 10.2 Å². The van der Waals surface area contributed by atoms with Gasteiger partial charge in [-0.1, -0.05) is 41.5 Å². The van der Waals surface area contributed by atoms with Crippen molar-refractivity contribution in [2.45, 2.75) is 41.5 Å². The van der Waals surface area contributed by atoms with Crippen LogP contribution in [0, 0.1) is 11.3 Å². The first-order chi connectivity index (χ1) is 9.11. The first-order valence-electron chi connectivity index (χ1n) is 6.68. The molecule has 0 atom stereocenters. The highest BCUT2D eigenvalue weighted by molar-refractivity contribution is 5.92. The number of hydrazone groups is 1. The van der Waals surface area contributed by atoms with Crippen LogP contribution in [0.3, 0.4) is 0 Å². The Morgan fingerprint density at radius 3 is 2.25 bits per heavy atom. The summed E-state index contributed by atoms with van der Waals surface area (Å²) < 4.78 is 0. The van der Waals surface area contributed by atoms with Crippen LogP contribution in [-0.4, -0.2) is 17.1 Å². The van der Waals surface area contributed by atoms with Gasteiger partial charge in [-0.05, 0) is 23.5 Å². The van der Waals surface area contributed by atoms with E-state index in [1.165, 1.54) is 6.20 Å². The Morgan fingerprint density at radius 1 is 1.35 bits per heavy atom. The summed E-state index contributed by atoms with van der Waals surface area (Å²) >= 11 is 0. The van der Waals surface area contributed by atoms with E-state index in [-0.39, 0.29) is 5.41 Å². The summed E-state index contributed by atoms with van der Waals surface area (Å²) in [7, 11) is 0. The van der Waals surface area contributed by atoms with Crippen molar-refractivity contribution in [1.29, 1.82) is 0 Å². The number of hydrogen-bond acceptors (Lipinski definition) is 4. The van der Waals surface area contributed by atoms with Gasteiger partial charge in [0.15, 0.2) is 0 Å². The minimum atomic E-state index is -0.489. The fourth-order valence-corrected chi connectivity index (χ4v) is 0.898. The molecule has 0 bridgehead atoms. The standard InChI is InChI=1S/C11H16N4O.C4H10/c1-11(2,3)7-14-15-9-5-4-8(6-13-9)10(12)16;1-4(2)3/h4-7H,1-3H3,(H2,12,16)(H,13,15);4H,1-3H3/b14-7+;. The number of hydrogen-bond donors (Lipinski definition) is 2. The zero-order valence-electron chi connectivity index (χ0n) is 13.3. The summed E-state index contributed by atoms with van der Waals surface area (Å²) in [5.74, 6) is 0.919. The third-order valence-electron chi connectivity index (χ3n) is 1.68. The number of carbonyl (C=O) groups excluding carboxylic acids is 1. The zero-order valence-corrected chi connectivity index (χ0v) is 13.3. The van der Waals surface area contributed by atoms with Crippen LogP contribution in [-0.2, 0) is 0 Å². The maximum Gasteiger partial charge on any atom is 0.250 e. The number of pyridine rings is 1. The van der Waals surface area contributed by atoms with Crippen molar-refractivity contribution in [1.82, 2.24) is 4.98 Å². The maximum absolute atomic E-state index is 10.8. The summed E-state index contributed by atoms with van der Waals surface area (Å²) in [5.41, 5.74) is 8.26. The molecule has 1 heterocycles. The minimum Gasteiger partial charge on any atom is -0.366 e. The monoisotopic (exact) mass is 278 g/mol. The van der Waals surface area contributed by atoms with Gasteiger partial charge < -0.3 is 5.73 Å². The molecule has 1 amide bonds. The molecule has 112 valence electrons. The molecule has 0 spiro atoms. The average Bonchev–Trinajstić information content (AvgIpc) is 2.27. The lowest BCUT2D eigenvalue weighted by molar-refractivity contribution is 0.1000. The van der Waals surface area contributed by atoms with Crippen LogP contribution in [0.4, 0.5) is 5.82 Å². The van der Waals surface area contributed by atoms with Crippen molar-refractivity contribution in [2.24, 2.45) is 22.2 Å². The normalized spacial score (nSPS) is 11.2. The Bertz CT molecular complexity index is 427. The van der Waals surface area contributed by atoms with E-state index in [0.717, 1.165) is 5.92 Å². The molecular weight excluding hydrogens is 252 g/mol. The van der Waals surface area contributed by atoms with E-state index in [1.54, 1.807) is 18.3 Å². The number of aromatic nitrogens is 1.